The number of piperidine rings is 2. The number of hydrogen-bond donors (Lipinski definition) is 5. The highest BCUT2D eigenvalue weighted by atomic mass is 32.1. The van der Waals surface area contributed by atoms with Gasteiger partial charge in [-0.05, 0) is 80.6 Å². The van der Waals surface area contributed by atoms with Crippen LogP contribution in [0.15, 0.2) is 54.3 Å². The molecule has 4 aromatic rings. The predicted octanol–water partition coefficient (Wildman–Crippen LogP) is 5.20. The number of β-amino-alcohol motifs (C(OH)–C–C–N with tert-alkyl or cyclic N) is 1. The van der Waals surface area contributed by atoms with E-state index < -0.39 is 46.7 Å². The van der Waals surface area contributed by atoms with Crippen LogP contribution in [0.5, 0.6) is 0 Å². The van der Waals surface area contributed by atoms with Gasteiger partial charge in [0.05, 0.1) is 65.8 Å². The summed E-state index contributed by atoms with van der Waals surface area (Å²) in [6.07, 6.45) is 4.01. The summed E-state index contributed by atoms with van der Waals surface area (Å²) in [7, 11) is 0. The van der Waals surface area contributed by atoms with Crippen molar-refractivity contribution >= 4 is 52.3 Å². The number of amides is 4. The number of ether oxygens (including phenoxy) is 1. The molecule has 5 fully saturated rings. The molecular weight excluding hydrogens is 1060 g/mol. The molecule has 4 amide bonds. The fourth-order valence-corrected chi connectivity index (χ4v) is 12.7. The summed E-state index contributed by atoms with van der Waals surface area (Å²) in [5.41, 5.74) is 4.21. The molecule has 7 heterocycles. The van der Waals surface area contributed by atoms with Crippen LogP contribution in [-0.4, -0.2) is 192 Å². The third-order valence-corrected chi connectivity index (χ3v) is 18.0. The first kappa shape index (κ1) is 59.7. The van der Waals surface area contributed by atoms with Crippen LogP contribution in [0.4, 0.5) is 26.1 Å². The SMILES string of the molecule is Cc1ncsc1-c1ccc([C@H](C)NC(=O)[C@@H]2C[C@@H](O)CN2C(=O)[C@@H](NC(=O)CN2CCN(CCOCCNc3cc(N4CCC5(CC4)CN(c4cc(F)c(CN6CCC(C)(C)CC6)cc4F)CC(=O)N5)ncn3)CC2)C(C)(C)C)cc1. The highest BCUT2D eigenvalue weighted by molar-refractivity contribution is 7.13. The molecule has 5 aliphatic heterocycles. The van der Waals surface area contributed by atoms with Crippen molar-refractivity contribution in [2.45, 2.75) is 117 Å². The Bertz CT molecular complexity index is 2830. The monoisotopic (exact) mass is 1140 g/mol. The van der Waals surface area contributed by atoms with Crippen LogP contribution in [0.1, 0.15) is 96.5 Å². The molecule has 19 nitrogen and oxygen atoms in total. The van der Waals surface area contributed by atoms with Crippen molar-refractivity contribution in [3.63, 3.8) is 0 Å². The van der Waals surface area contributed by atoms with Gasteiger partial charge in [0, 0.05) is 96.1 Å². The summed E-state index contributed by atoms with van der Waals surface area (Å²) in [5.74, 6) is -0.767. The number of hydrogen-bond acceptors (Lipinski definition) is 16. The number of aliphatic hydroxyl groups is 1. The third kappa shape index (κ3) is 15.2. The van der Waals surface area contributed by atoms with Crippen molar-refractivity contribution in [1.29, 1.82) is 0 Å². The van der Waals surface area contributed by atoms with E-state index in [2.05, 4.69) is 69.7 Å². The van der Waals surface area contributed by atoms with E-state index in [-0.39, 0.29) is 60.9 Å². The summed E-state index contributed by atoms with van der Waals surface area (Å²) in [6.45, 7) is 22.9. The molecule has 2 aromatic carbocycles. The molecule has 0 saturated carbocycles. The van der Waals surface area contributed by atoms with Crippen molar-refractivity contribution < 1.29 is 37.8 Å². The molecule has 81 heavy (non-hydrogen) atoms. The maximum absolute atomic E-state index is 15.7. The Morgan fingerprint density at radius 2 is 1.59 bits per heavy atom. The molecule has 2 aromatic heterocycles. The van der Waals surface area contributed by atoms with E-state index in [1.807, 2.05) is 70.5 Å². The Balaban J connectivity index is 0.665. The first-order chi connectivity index (χ1) is 38.6. The number of benzene rings is 2. The van der Waals surface area contributed by atoms with Gasteiger partial charge in [-0.15, -0.1) is 11.3 Å². The number of aryl methyl sites for hydroxylation is 1. The molecule has 1 spiro atoms. The van der Waals surface area contributed by atoms with Crippen molar-refractivity contribution in [2.24, 2.45) is 10.8 Å². The van der Waals surface area contributed by atoms with Crippen LogP contribution >= 0.6 is 11.3 Å². The minimum absolute atomic E-state index is 0.000494. The number of nitrogens with one attached hydrogen (secondary N) is 4. The van der Waals surface area contributed by atoms with Crippen LogP contribution < -0.4 is 31.1 Å². The van der Waals surface area contributed by atoms with E-state index in [9.17, 15) is 24.3 Å². The van der Waals surface area contributed by atoms with Crippen LogP contribution in [-0.2, 0) is 30.5 Å². The Labute approximate surface area is 479 Å². The van der Waals surface area contributed by atoms with E-state index in [0.29, 0.717) is 83.3 Å². The van der Waals surface area contributed by atoms with E-state index in [0.717, 1.165) is 73.1 Å². The average molecular weight is 1140 g/mol. The van der Waals surface area contributed by atoms with E-state index >= 15 is 8.78 Å². The first-order valence-electron chi connectivity index (χ1n) is 28.8. The molecule has 0 radical (unpaired) electrons. The van der Waals surface area contributed by atoms with Crippen molar-refractivity contribution in [3.05, 3.63) is 82.8 Å². The fraction of sp³-hybridized carbons (Fsp3) is 0.610. The first-order valence-corrected chi connectivity index (χ1v) is 29.7. The Kier molecular flexibility index (Phi) is 18.9. The molecular formula is C59H83F2N13O6S. The Morgan fingerprint density at radius 1 is 0.877 bits per heavy atom. The molecule has 0 aliphatic carbocycles. The molecule has 9 rings (SSSR count). The number of thiazole rings is 1. The maximum atomic E-state index is 15.7. The number of nitrogens with zero attached hydrogens (tertiary/aromatic N) is 9. The average Bonchev–Trinajstić information content (AvgIpc) is 4.12. The van der Waals surface area contributed by atoms with Gasteiger partial charge in [0.2, 0.25) is 23.6 Å². The summed E-state index contributed by atoms with van der Waals surface area (Å²) in [4.78, 5) is 81.0. The lowest BCUT2D eigenvalue weighted by Crippen LogP contribution is -2.66. The highest BCUT2D eigenvalue weighted by Gasteiger charge is 2.46. The quantitative estimate of drug-likeness (QED) is 0.0767. The van der Waals surface area contributed by atoms with Crippen LogP contribution in [0.2, 0.25) is 0 Å². The number of carbonyl (C=O) groups excluding carboxylic acids is 4. The van der Waals surface area contributed by atoms with Crippen molar-refractivity contribution in [1.82, 2.24) is 50.5 Å². The summed E-state index contributed by atoms with van der Waals surface area (Å²) in [6, 6.07) is 10.3. The second-order valence-electron chi connectivity index (χ2n) is 24.8. The largest absolute Gasteiger partial charge is 0.391 e. The van der Waals surface area contributed by atoms with E-state index in [4.69, 9.17) is 4.74 Å². The fourth-order valence-electron chi connectivity index (χ4n) is 11.8. The number of rotatable bonds is 19. The van der Waals surface area contributed by atoms with E-state index in [1.54, 1.807) is 16.2 Å². The molecule has 5 N–H and O–H groups in total. The minimum Gasteiger partial charge on any atom is -0.391 e. The van der Waals surface area contributed by atoms with Crippen LogP contribution in [0.25, 0.3) is 10.4 Å². The lowest BCUT2D eigenvalue weighted by Gasteiger charge is -2.48. The standard InChI is InChI=1S/C59H83F2N13O6S/c1-39(41-8-10-42(11-9-41)53-40(2)65-38-81-53)66-55(78)48-29-44(75)33-74(48)56(79)54(57(3,4)5)67-51(76)34-71-23-21-69(22-24-71)25-27-80-26-16-62-49-31-50(64-37-63-49)72-19-14-59(15-20-72)36-73(35-52(77)68-59)47-30-45(60)43(28-46(47)61)32-70-17-12-58(6,7)13-18-70/h8-11,28,30-31,37-39,44,48,54,75H,12-27,29,32-36H2,1-7H3,(H,66,78)(H,67,76)(H,68,77)(H,62,63,64)/t39-,44+,48-,54+/m0/s1. The number of anilines is 3. The zero-order valence-corrected chi connectivity index (χ0v) is 49.1. The second-order valence-corrected chi connectivity index (χ2v) is 25.7. The Hall–Kier alpha value is -5.91. The Morgan fingerprint density at radius 3 is 2.28 bits per heavy atom. The summed E-state index contributed by atoms with van der Waals surface area (Å²) in [5, 5.41) is 23.3. The van der Waals surface area contributed by atoms with Gasteiger partial charge in [-0.2, -0.15) is 0 Å². The zero-order chi connectivity index (χ0) is 57.6. The second kappa shape index (κ2) is 25.7. The normalized spacial score (nSPS) is 21.7. The van der Waals surface area contributed by atoms with Crippen molar-refractivity contribution in [3.8, 4) is 10.4 Å². The topological polar surface area (TPSA) is 204 Å². The van der Waals surface area contributed by atoms with E-state index in [1.165, 1.54) is 23.4 Å². The van der Waals surface area contributed by atoms with Gasteiger partial charge >= 0.3 is 0 Å². The molecule has 5 saturated heterocycles. The number of aliphatic hydroxyl groups excluding tert-OH is 1. The number of likely N-dealkylation sites (tertiary alicyclic amines) is 2. The molecule has 0 bridgehead atoms. The van der Waals surface area contributed by atoms with Gasteiger partial charge in [0.25, 0.3) is 0 Å². The van der Waals surface area contributed by atoms with Gasteiger partial charge in [-0.25, -0.2) is 23.7 Å². The number of aromatic nitrogens is 3. The van der Waals surface area contributed by atoms with Gasteiger partial charge in [-0.1, -0.05) is 58.9 Å². The molecule has 4 atom stereocenters. The smallest absolute Gasteiger partial charge is 0.246 e. The minimum atomic E-state index is -0.915. The van der Waals surface area contributed by atoms with Crippen LogP contribution in [0, 0.1) is 29.4 Å². The lowest BCUT2D eigenvalue weighted by molar-refractivity contribution is -0.144. The third-order valence-electron chi connectivity index (χ3n) is 17.0. The van der Waals surface area contributed by atoms with Gasteiger partial charge in [-0.3, -0.25) is 33.9 Å². The summed E-state index contributed by atoms with van der Waals surface area (Å²) < 4.78 is 37.3. The van der Waals surface area contributed by atoms with Gasteiger partial charge in [0.15, 0.2) is 0 Å². The number of piperazine rings is 2. The highest BCUT2D eigenvalue weighted by Crippen LogP contribution is 2.35. The molecule has 22 heteroatoms. The lowest BCUT2D eigenvalue weighted by atomic mass is 9.82. The molecule has 0 unspecified atom stereocenters. The van der Waals surface area contributed by atoms with Crippen molar-refractivity contribution in [2.75, 3.05) is 120 Å². The zero-order valence-electron chi connectivity index (χ0n) is 48.2. The van der Waals surface area contributed by atoms with Crippen LogP contribution in [0.3, 0.4) is 0 Å². The van der Waals surface area contributed by atoms with Gasteiger partial charge in [0.1, 0.15) is 41.7 Å². The number of carbonyl (C=O) groups is 4. The summed E-state index contributed by atoms with van der Waals surface area (Å²) >= 11 is 1.58. The molecule has 440 valence electrons. The predicted molar refractivity (Wildman–Crippen MR) is 310 cm³/mol. The van der Waals surface area contributed by atoms with Gasteiger partial charge < -0.3 is 45.8 Å². The molecule has 5 aliphatic rings. The maximum Gasteiger partial charge on any atom is 0.246 e. The number of halogens is 2.